The van der Waals surface area contributed by atoms with Crippen LogP contribution in [0.4, 0.5) is 0 Å². The summed E-state index contributed by atoms with van der Waals surface area (Å²) in [6.07, 6.45) is 8.44. The Labute approximate surface area is 135 Å². The quantitative estimate of drug-likeness (QED) is 0.903. The molecule has 3 heteroatoms. The Kier molecular flexibility index (Phi) is 5.48. The summed E-state index contributed by atoms with van der Waals surface area (Å²) in [6, 6.07) is 4.93. The molecule has 3 nitrogen and oxygen atoms in total. The molecule has 1 aliphatic carbocycles. The number of aryl methyl sites for hydroxylation is 1. The average molecular weight is 301 g/mol. The van der Waals surface area contributed by atoms with Crippen LogP contribution >= 0.6 is 0 Å². The molecule has 1 atom stereocenters. The molecule has 0 spiro atoms. The summed E-state index contributed by atoms with van der Waals surface area (Å²) in [4.78, 5) is 7.52. The van der Waals surface area contributed by atoms with Crippen molar-refractivity contribution in [2.24, 2.45) is 11.8 Å². The summed E-state index contributed by atoms with van der Waals surface area (Å²) >= 11 is 0. The molecule has 2 aliphatic rings. The van der Waals surface area contributed by atoms with Crippen LogP contribution in [0.3, 0.4) is 0 Å². The second kappa shape index (κ2) is 7.56. The van der Waals surface area contributed by atoms with Gasteiger partial charge in [-0.3, -0.25) is 9.88 Å². The minimum atomic E-state index is 0.544. The topological polar surface area (TPSA) is 28.2 Å². The van der Waals surface area contributed by atoms with E-state index in [1.807, 2.05) is 6.20 Å². The maximum absolute atomic E-state index is 4.77. The molecule has 1 aromatic heterocycles. The van der Waals surface area contributed by atoms with Crippen LogP contribution in [0.5, 0.6) is 0 Å². The first kappa shape index (κ1) is 15.9. The van der Waals surface area contributed by atoms with Gasteiger partial charge in [0.05, 0.1) is 11.7 Å². The summed E-state index contributed by atoms with van der Waals surface area (Å²) < 4.78 is 0. The molecular weight excluding hydrogens is 270 g/mol. The third-order valence-electron chi connectivity index (χ3n) is 5.16. The maximum Gasteiger partial charge on any atom is 0.0607 e. The van der Waals surface area contributed by atoms with Gasteiger partial charge in [0.25, 0.3) is 0 Å². The number of hydrogen-bond donors (Lipinski definition) is 1. The summed E-state index contributed by atoms with van der Waals surface area (Å²) in [6.45, 7) is 9.53. The molecule has 2 heterocycles. The van der Waals surface area contributed by atoms with Crippen molar-refractivity contribution in [3.8, 4) is 0 Å². The third-order valence-corrected chi connectivity index (χ3v) is 5.16. The zero-order chi connectivity index (χ0) is 15.4. The Hall–Kier alpha value is -0.930. The normalized spacial score (nSPS) is 23.0. The molecule has 3 rings (SSSR count). The van der Waals surface area contributed by atoms with E-state index in [4.69, 9.17) is 4.98 Å². The largest absolute Gasteiger partial charge is 0.317 e. The molecule has 1 aliphatic heterocycles. The molecule has 0 bridgehead atoms. The van der Waals surface area contributed by atoms with E-state index in [1.165, 1.54) is 69.5 Å². The monoisotopic (exact) mass is 301 g/mol. The van der Waals surface area contributed by atoms with Crippen molar-refractivity contribution in [3.63, 3.8) is 0 Å². The van der Waals surface area contributed by atoms with Crippen LogP contribution in [0.1, 0.15) is 56.8 Å². The van der Waals surface area contributed by atoms with Crippen molar-refractivity contribution in [1.82, 2.24) is 15.2 Å². The minimum Gasteiger partial charge on any atom is -0.317 e. The first-order valence-corrected chi connectivity index (χ1v) is 9.12. The first-order valence-electron chi connectivity index (χ1n) is 9.12. The fraction of sp³-hybridized carbons (Fsp3) is 0.737. The highest BCUT2D eigenvalue weighted by Crippen LogP contribution is 2.34. The highest BCUT2D eigenvalue weighted by atomic mass is 15.2. The minimum absolute atomic E-state index is 0.544. The number of aromatic nitrogens is 1. The van der Waals surface area contributed by atoms with Crippen molar-refractivity contribution in [3.05, 3.63) is 29.6 Å². The van der Waals surface area contributed by atoms with Crippen molar-refractivity contribution < 1.29 is 0 Å². The summed E-state index contributed by atoms with van der Waals surface area (Å²) in [7, 11) is 0. The Morgan fingerprint density at radius 1 is 1.27 bits per heavy atom. The van der Waals surface area contributed by atoms with Crippen LogP contribution in [0, 0.1) is 11.8 Å². The second-order valence-electron chi connectivity index (χ2n) is 7.50. The van der Waals surface area contributed by atoms with Crippen molar-refractivity contribution in [2.45, 2.75) is 52.0 Å². The van der Waals surface area contributed by atoms with Gasteiger partial charge in [-0.2, -0.15) is 0 Å². The van der Waals surface area contributed by atoms with Gasteiger partial charge in [0.2, 0.25) is 0 Å². The number of pyridine rings is 1. The van der Waals surface area contributed by atoms with E-state index in [-0.39, 0.29) is 0 Å². The summed E-state index contributed by atoms with van der Waals surface area (Å²) in [5, 5.41) is 3.49. The fourth-order valence-corrected chi connectivity index (χ4v) is 4.13. The van der Waals surface area contributed by atoms with Gasteiger partial charge in [0.15, 0.2) is 0 Å². The van der Waals surface area contributed by atoms with Crippen LogP contribution in [0.15, 0.2) is 18.3 Å². The van der Waals surface area contributed by atoms with Crippen molar-refractivity contribution >= 4 is 0 Å². The Morgan fingerprint density at radius 3 is 2.86 bits per heavy atom. The van der Waals surface area contributed by atoms with E-state index in [9.17, 15) is 0 Å². The number of piperidine rings is 1. The van der Waals surface area contributed by atoms with Crippen molar-refractivity contribution in [1.29, 1.82) is 0 Å². The Bertz CT molecular complexity index is 466. The van der Waals surface area contributed by atoms with E-state index in [0.717, 1.165) is 11.8 Å². The standard InChI is InChI=1S/C19H31N3/c1-15(2)13-22(14-16-8-11-20-12-9-16)18-7-3-5-17-6-4-10-21-19(17)18/h4,6,10,15-16,18,20H,3,5,7-9,11-14H2,1-2H3. The fourth-order valence-electron chi connectivity index (χ4n) is 4.13. The predicted molar refractivity (Wildman–Crippen MR) is 91.9 cm³/mol. The molecule has 1 fully saturated rings. The predicted octanol–water partition coefficient (Wildman–Crippen LogP) is 3.42. The van der Waals surface area contributed by atoms with E-state index >= 15 is 0 Å². The molecule has 0 amide bonds. The zero-order valence-electron chi connectivity index (χ0n) is 14.2. The molecule has 0 aromatic carbocycles. The number of rotatable bonds is 5. The lowest BCUT2D eigenvalue weighted by atomic mass is 9.88. The molecule has 0 radical (unpaired) electrons. The lowest BCUT2D eigenvalue weighted by molar-refractivity contribution is 0.121. The maximum atomic E-state index is 4.77. The van der Waals surface area contributed by atoms with E-state index in [0.29, 0.717) is 6.04 Å². The number of nitrogens with zero attached hydrogens (tertiary/aromatic N) is 2. The van der Waals surface area contributed by atoms with E-state index in [1.54, 1.807) is 0 Å². The number of fused-ring (bicyclic) bond motifs is 1. The zero-order valence-corrected chi connectivity index (χ0v) is 14.2. The first-order chi connectivity index (χ1) is 10.7. The molecule has 0 saturated carbocycles. The van der Waals surface area contributed by atoms with Gasteiger partial charge in [-0.15, -0.1) is 0 Å². The third kappa shape index (κ3) is 3.88. The summed E-state index contributed by atoms with van der Waals surface area (Å²) in [5.74, 6) is 1.57. The van der Waals surface area contributed by atoms with Crippen LogP contribution in [-0.2, 0) is 6.42 Å². The van der Waals surface area contributed by atoms with E-state index in [2.05, 4.69) is 36.2 Å². The molecule has 1 saturated heterocycles. The van der Waals surface area contributed by atoms with Gasteiger partial charge in [-0.25, -0.2) is 0 Å². The van der Waals surface area contributed by atoms with E-state index < -0.39 is 0 Å². The smallest absolute Gasteiger partial charge is 0.0607 e. The van der Waals surface area contributed by atoms with Gasteiger partial charge in [0.1, 0.15) is 0 Å². The van der Waals surface area contributed by atoms with Gasteiger partial charge in [0, 0.05) is 19.3 Å². The van der Waals surface area contributed by atoms with Gasteiger partial charge in [-0.1, -0.05) is 19.9 Å². The second-order valence-corrected chi connectivity index (χ2v) is 7.50. The lowest BCUT2D eigenvalue weighted by Gasteiger charge is -2.39. The Balaban J connectivity index is 1.76. The van der Waals surface area contributed by atoms with Gasteiger partial charge in [-0.05, 0) is 68.7 Å². The highest BCUT2D eigenvalue weighted by molar-refractivity contribution is 5.25. The number of nitrogens with one attached hydrogen (secondary N) is 1. The highest BCUT2D eigenvalue weighted by Gasteiger charge is 2.29. The van der Waals surface area contributed by atoms with Crippen LogP contribution in [0.25, 0.3) is 0 Å². The summed E-state index contributed by atoms with van der Waals surface area (Å²) in [5.41, 5.74) is 2.85. The van der Waals surface area contributed by atoms with Gasteiger partial charge >= 0.3 is 0 Å². The van der Waals surface area contributed by atoms with Gasteiger partial charge < -0.3 is 5.32 Å². The molecule has 122 valence electrons. The Morgan fingerprint density at radius 2 is 2.09 bits per heavy atom. The molecular formula is C19H31N3. The molecule has 22 heavy (non-hydrogen) atoms. The average Bonchev–Trinajstić information content (AvgIpc) is 2.54. The molecule has 1 aromatic rings. The van der Waals surface area contributed by atoms with Crippen LogP contribution < -0.4 is 5.32 Å². The van der Waals surface area contributed by atoms with Crippen LogP contribution in [0.2, 0.25) is 0 Å². The SMILES string of the molecule is CC(C)CN(CC1CCNCC1)C1CCCc2cccnc21. The number of hydrogen-bond acceptors (Lipinski definition) is 3. The van der Waals surface area contributed by atoms with Crippen molar-refractivity contribution in [2.75, 3.05) is 26.2 Å². The molecule has 1 N–H and O–H groups in total. The van der Waals surface area contributed by atoms with Crippen LogP contribution in [-0.4, -0.2) is 36.1 Å². The molecule has 1 unspecified atom stereocenters. The lowest BCUT2D eigenvalue weighted by Crippen LogP contribution is -2.41.